The lowest BCUT2D eigenvalue weighted by atomic mass is 10.0. The number of aliphatic hydroxyl groups is 1. The zero-order valence-electron chi connectivity index (χ0n) is 13.2. The molecule has 0 amide bonds. The maximum atomic E-state index is 13.0. The largest absolute Gasteiger partial charge is 0.454 e. The van der Waals surface area contributed by atoms with Gasteiger partial charge in [0.05, 0.1) is 10.9 Å². The van der Waals surface area contributed by atoms with Gasteiger partial charge in [-0.3, -0.25) is 9.36 Å². The van der Waals surface area contributed by atoms with Gasteiger partial charge in [-0.25, -0.2) is 0 Å². The fourth-order valence-electron chi connectivity index (χ4n) is 3.23. The third kappa shape index (κ3) is 2.15. The lowest BCUT2D eigenvalue weighted by molar-refractivity contribution is 0.132. The molecule has 24 heavy (non-hydrogen) atoms. The highest BCUT2D eigenvalue weighted by atomic mass is 16.7. The first-order chi connectivity index (χ1) is 11.7. The van der Waals surface area contributed by atoms with Crippen molar-refractivity contribution in [2.24, 2.45) is 0 Å². The van der Waals surface area contributed by atoms with Gasteiger partial charge in [-0.1, -0.05) is 6.07 Å². The van der Waals surface area contributed by atoms with E-state index in [-0.39, 0.29) is 25.7 Å². The normalized spacial score (nSPS) is 13.1. The van der Waals surface area contributed by atoms with E-state index in [1.807, 2.05) is 30.3 Å². The van der Waals surface area contributed by atoms with Crippen LogP contribution in [0.3, 0.4) is 0 Å². The Bertz CT molecular complexity index is 992. The molecule has 4 rings (SSSR count). The van der Waals surface area contributed by atoms with E-state index in [1.165, 1.54) is 0 Å². The molecule has 1 aliphatic heterocycles. The first-order valence-electron chi connectivity index (χ1n) is 7.72. The van der Waals surface area contributed by atoms with Crippen molar-refractivity contribution in [3.05, 3.63) is 46.2 Å². The summed E-state index contributed by atoms with van der Waals surface area (Å²) in [5.41, 5.74) is 1.62. The average molecular weight is 327 g/mol. The van der Waals surface area contributed by atoms with Crippen LogP contribution in [0.25, 0.3) is 21.7 Å². The van der Waals surface area contributed by atoms with E-state index in [4.69, 9.17) is 14.2 Å². The van der Waals surface area contributed by atoms with Crippen molar-refractivity contribution in [3.8, 4) is 11.5 Å². The molecule has 1 N–H and O–H groups in total. The molecule has 0 bridgehead atoms. The van der Waals surface area contributed by atoms with Crippen LogP contribution in [0.4, 0.5) is 0 Å². The zero-order valence-corrected chi connectivity index (χ0v) is 13.2. The Morgan fingerprint density at radius 3 is 2.88 bits per heavy atom. The van der Waals surface area contributed by atoms with Crippen molar-refractivity contribution in [3.63, 3.8) is 0 Å². The summed E-state index contributed by atoms with van der Waals surface area (Å²) in [6.45, 7) is 0.337. The predicted molar refractivity (Wildman–Crippen MR) is 89.6 cm³/mol. The Balaban J connectivity index is 2.15. The molecular weight excluding hydrogens is 310 g/mol. The quantitative estimate of drug-likeness (QED) is 0.743. The van der Waals surface area contributed by atoms with E-state index in [2.05, 4.69) is 0 Å². The summed E-state index contributed by atoms with van der Waals surface area (Å²) >= 11 is 0. The molecule has 3 aromatic rings. The second-order valence-electron chi connectivity index (χ2n) is 5.70. The average Bonchev–Trinajstić information content (AvgIpc) is 3.07. The Morgan fingerprint density at radius 2 is 2.08 bits per heavy atom. The van der Waals surface area contributed by atoms with Crippen LogP contribution in [0.5, 0.6) is 11.5 Å². The summed E-state index contributed by atoms with van der Waals surface area (Å²) in [5, 5.41) is 11.4. The number of pyridine rings is 1. The monoisotopic (exact) mass is 327 g/mol. The summed E-state index contributed by atoms with van der Waals surface area (Å²) in [4.78, 5) is 13.0. The van der Waals surface area contributed by atoms with Gasteiger partial charge in [-0.15, -0.1) is 0 Å². The van der Waals surface area contributed by atoms with Crippen LogP contribution in [0.15, 0.2) is 35.1 Å². The molecule has 124 valence electrons. The Kier molecular flexibility index (Phi) is 3.63. The van der Waals surface area contributed by atoms with E-state index in [9.17, 15) is 9.90 Å². The van der Waals surface area contributed by atoms with Crippen LogP contribution >= 0.6 is 0 Å². The molecule has 0 saturated carbocycles. The van der Waals surface area contributed by atoms with Gasteiger partial charge in [0, 0.05) is 24.5 Å². The Labute approximate surface area is 137 Å². The van der Waals surface area contributed by atoms with Crippen molar-refractivity contribution in [1.82, 2.24) is 4.57 Å². The molecule has 0 unspecified atom stereocenters. The van der Waals surface area contributed by atoms with E-state index in [0.717, 1.165) is 21.9 Å². The molecule has 1 aliphatic rings. The molecule has 0 fully saturated rings. The number of fused-ring (bicyclic) bond motifs is 5. The maximum Gasteiger partial charge on any atom is 0.264 e. The second-order valence-corrected chi connectivity index (χ2v) is 5.70. The van der Waals surface area contributed by atoms with Crippen LogP contribution in [0.2, 0.25) is 0 Å². The number of aliphatic hydroxyl groups excluding tert-OH is 1. The number of aromatic nitrogens is 1. The molecule has 0 aliphatic carbocycles. The topological polar surface area (TPSA) is 69.9 Å². The summed E-state index contributed by atoms with van der Waals surface area (Å²) < 4.78 is 17.7. The number of benzene rings is 2. The molecular formula is C18H17NO5. The number of ether oxygens (including phenoxy) is 3. The SMILES string of the molecule is COCn1c(=O)c2c3c(ccc2c2cc(CCO)ccc21)OCO3. The number of hydrogen-bond donors (Lipinski definition) is 1. The minimum atomic E-state index is -0.170. The molecule has 0 atom stereocenters. The molecule has 2 heterocycles. The summed E-state index contributed by atoms with van der Waals surface area (Å²) in [6.07, 6.45) is 0.561. The van der Waals surface area contributed by atoms with Crippen LogP contribution in [-0.2, 0) is 17.9 Å². The molecule has 0 saturated heterocycles. The summed E-state index contributed by atoms with van der Waals surface area (Å²) in [7, 11) is 1.55. The summed E-state index contributed by atoms with van der Waals surface area (Å²) in [6, 6.07) is 9.52. The van der Waals surface area contributed by atoms with Crippen LogP contribution < -0.4 is 15.0 Å². The number of methoxy groups -OCH3 is 1. The van der Waals surface area contributed by atoms with Gasteiger partial charge in [-0.2, -0.15) is 0 Å². The third-order valence-corrected chi connectivity index (χ3v) is 4.30. The standard InChI is InChI=1S/C18H17NO5/c1-22-9-19-14-4-2-11(6-7-20)8-13(14)12-3-5-15-17(24-10-23-15)16(12)18(19)21/h2-5,8,20H,6-7,9-10H2,1H3. The Morgan fingerprint density at radius 1 is 1.21 bits per heavy atom. The third-order valence-electron chi connectivity index (χ3n) is 4.30. The van der Waals surface area contributed by atoms with Crippen molar-refractivity contribution >= 4 is 21.7 Å². The Hall–Kier alpha value is -2.57. The minimum Gasteiger partial charge on any atom is -0.454 e. The summed E-state index contributed by atoms with van der Waals surface area (Å²) in [5.74, 6) is 1.06. The first-order valence-corrected chi connectivity index (χ1v) is 7.72. The number of rotatable bonds is 4. The van der Waals surface area contributed by atoms with Crippen molar-refractivity contribution in [1.29, 1.82) is 0 Å². The van der Waals surface area contributed by atoms with E-state index < -0.39 is 0 Å². The van der Waals surface area contributed by atoms with E-state index >= 15 is 0 Å². The molecule has 2 aromatic carbocycles. The highest BCUT2D eigenvalue weighted by Gasteiger charge is 2.22. The lowest BCUT2D eigenvalue weighted by Crippen LogP contribution is -2.22. The van der Waals surface area contributed by atoms with E-state index in [0.29, 0.717) is 23.3 Å². The van der Waals surface area contributed by atoms with Gasteiger partial charge >= 0.3 is 0 Å². The van der Waals surface area contributed by atoms with Gasteiger partial charge < -0.3 is 19.3 Å². The first kappa shape index (κ1) is 15.0. The van der Waals surface area contributed by atoms with Crippen molar-refractivity contribution in [2.45, 2.75) is 13.2 Å². The maximum absolute atomic E-state index is 13.0. The highest BCUT2D eigenvalue weighted by Crippen LogP contribution is 2.39. The molecule has 0 radical (unpaired) electrons. The number of nitrogens with zero attached hydrogens (tertiary/aromatic N) is 1. The molecule has 1 aromatic heterocycles. The van der Waals surface area contributed by atoms with Crippen molar-refractivity contribution < 1.29 is 19.3 Å². The molecule has 6 nitrogen and oxygen atoms in total. The van der Waals surface area contributed by atoms with E-state index in [1.54, 1.807) is 11.7 Å². The lowest BCUT2D eigenvalue weighted by Gasteiger charge is -2.14. The number of hydrogen-bond acceptors (Lipinski definition) is 5. The van der Waals surface area contributed by atoms with Gasteiger partial charge in [0.1, 0.15) is 6.73 Å². The highest BCUT2D eigenvalue weighted by molar-refractivity contribution is 6.08. The molecule has 0 spiro atoms. The predicted octanol–water partition coefficient (Wildman–Crippen LogP) is 2.02. The second kappa shape index (κ2) is 5.81. The van der Waals surface area contributed by atoms with Crippen LogP contribution in [0.1, 0.15) is 5.56 Å². The zero-order chi connectivity index (χ0) is 16.7. The van der Waals surface area contributed by atoms with Crippen LogP contribution in [0, 0.1) is 0 Å². The smallest absolute Gasteiger partial charge is 0.264 e. The van der Waals surface area contributed by atoms with Gasteiger partial charge in [0.2, 0.25) is 6.79 Å². The van der Waals surface area contributed by atoms with Crippen LogP contribution in [-0.4, -0.2) is 30.2 Å². The molecule has 6 heteroatoms. The van der Waals surface area contributed by atoms with Gasteiger partial charge in [-0.05, 0) is 36.2 Å². The van der Waals surface area contributed by atoms with Gasteiger partial charge in [0.25, 0.3) is 5.56 Å². The van der Waals surface area contributed by atoms with Crippen molar-refractivity contribution in [2.75, 3.05) is 20.5 Å². The minimum absolute atomic E-state index is 0.0769. The fourth-order valence-corrected chi connectivity index (χ4v) is 3.23. The van der Waals surface area contributed by atoms with Gasteiger partial charge in [0.15, 0.2) is 11.5 Å². The fraction of sp³-hybridized carbons (Fsp3) is 0.278.